The molecule has 0 saturated carbocycles. The predicted molar refractivity (Wildman–Crippen MR) is 389 cm³/mol. The normalized spacial score (nSPS) is 12.5. The molecule has 2 atom stereocenters. The summed E-state index contributed by atoms with van der Waals surface area (Å²) >= 11 is 0. The Bertz CT molecular complexity index is 1340. The monoisotopic (exact) mass is 1240 g/mol. The van der Waals surface area contributed by atoms with Crippen LogP contribution < -0.4 is 5.32 Å². The first kappa shape index (κ1) is 86.6. The van der Waals surface area contributed by atoms with Gasteiger partial charge < -0.3 is 20.3 Å². The van der Waals surface area contributed by atoms with E-state index in [1.807, 2.05) is 0 Å². The molecular formula is C82H161NO5. The quantitative estimate of drug-likeness (QED) is 0.0320. The Kier molecular flexibility index (Phi) is 76.8. The van der Waals surface area contributed by atoms with Gasteiger partial charge in [-0.3, -0.25) is 9.59 Å². The topological polar surface area (TPSA) is 95.9 Å². The summed E-state index contributed by atoms with van der Waals surface area (Å²) in [7, 11) is 0. The highest BCUT2D eigenvalue weighted by atomic mass is 16.5. The fraction of sp³-hybridized carbons (Fsp3) is 0.951. The Morgan fingerprint density at radius 2 is 0.534 bits per heavy atom. The molecule has 0 radical (unpaired) electrons. The molecule has 0 aromatic carbocycles. The van der Waals surface area contributed by atoms with E-state index in [-0.39, 0.29) is 18.5 Å². The maximum atomic E-state index is 12.6. The second kappa shape index (κ2) is 78.0. The standard InChI is InChI=1S/C82H161NO5/c1-3-5-7-9-11-13-15-16-17-18-19-20-36-39-42-45-48-51-55-58-62-66-70-74-80(85)79(78-84)83-81(86)75-71-67-63-59-56-52-49-46-43-40-37-34-32-30-28-26-24-22-21-23-25-27-29-31-33-35-38-41-44-47-50-53-57-61-65-69-73-77-88-82(87)76-72-68-64-60-54-14-12-10-8-6-4-2/h21,23,79-80,84-85H,3-20,22,24-78H2,1-2H3,(H,83,86)/b23-21-. The van der Waals surface area contributed by atoms with Crippen LogP contribution >= 0.6 is 0 Å². The van der Waals surface area contributed by atoms with Gasteiger partial charge in [0.25, 0.3) is 0 Å². The summed E-state index contributed by atoms with van der Waals surface area (Å²) < 4.78 is 5.48. The van der Waals surface area contributed by atoms with Gasteiger partial charge in [0, 0.05) is 12.8 Å². The van der Waals surface area contributed by atoms with E-state index in [0.29, 0.717) is 25.9 Å². The maximum Gasteiger partial charge on any atom is 0.305 e. The van der Waals surface area contributed by atoms with Gasteiger partial charge in [-0.2, -0.15) is 0 Å². The second-order valence-corrected chi connectivity index (χ2v) is 28.5. The molecule has 0 aliphatic heterocycles. The van der Waals surface area contributed by atoms with Gasteiger partial charge >= 0.3 is 5.97 Å². The summed E-state index contributed by atoms with van der Waals surface area (Å²) in [6.07, 6.45) is 99.0. The lowest BCUT2D eigenvalue weighted by Crippen LogP contribution is -2.45. The van der Waals surface area contributed by atoms with Crippen LogP contribution in [0.4, 0.5) is 0 Å². The van der Waals surface area contributed by atoms with E-state index in [4.69, 9.17) is 4.74 Å². The number of aliphatic hydroxyl groups excluding tert-OH is 2. The van der Waals surface area contributed by atoms with Gasteiger partial charge in [-0.05, 0) is 51.4 Å². The van der Waals surface area contributed by atoms with E-state index in [9.17, 15) is 19.8 Å². The van der Waals surface area contributed by atoms with Crippen molar-refractivity contribution in [2.45, 2.75) is 488 Å². The molecule has 0 aliphatic rings. The van der Waals surface area contributed by atoms with E-state index < -0.39 is 12.1 Å². The van der Waals surface area contributed by atoms with Crippen molar-refractivity contribution in [1.29, 1.82) is 0 Å². The van der Waals surface area contributed by atoms with Crippen LogP contribution in [-0.2, 0) is 14.3 Å². The van der Waals surface area contributed by atoms with Crippen molar-refractivity contribution in [3.05, 3.63) is 12.2 Å². The van der Waals surface area contributed by atoms with Gasteiger partial charge in [-0.1, -0.05) is 424 Å². The zero-order valence-corrected chi connectivity index (χ0v) is 60.3. The predicted octanol–water partition coefficient (Wildman–Crippen LogP) is 27.1. The Morgan fingerprint density at radius 3 is 0.807 bits per heavy atom. The average molecular weight is 1240 g/mol. The smallest absolute Gasteiger partial charge is 0.305 e. The Morgan fingerprint density at radius 1 is 0.307 bits per heavy atom. The number of amides is 1. The number of unbranched alkanes of at least 4 members (excludes halogenated alkanes) is 65. The first-order chi connectivity index (χ1) is 43.5. The van der Waals surface area contributed by atoms with E-state index >= 15 is 0 Å². The number of hydrogen-bond acceptors (Lipinski definition) is 5. The van der Waals surface area contributed by atoms with Gasteiger partial charge in [0.05, 0.1) is 25.4 Å². The number of carbonyl (C=O) groups excluding carboxylic acids is 2. The molecule has 1 amide bonds. The van der Waals surface area contributed by atoms with Crippen LogP contribution in [-0.4, -0.2) is 47.4 Å². The van der Waals surface area contributed by atoms with E-state index in [2.05, 4.69) is 31.3 Å². The van der Waals surface area contributed by atoms with E-state index in [1.165, 1.54) is 405 Å². The van der Waals surface area contributed by atoms with Crippen molar-refractivity contribution in [3.8, 4) is 0 Å². The maximum absolute atomic E-state index is 12.6. The summed E-state index contributed by atoms with van der Waals surface area (Å²) in [6, 6.07) is -0.539. The van der Waals surface area contributed by atoms with Gasteiger partial charge in [0.15, 0.2) is 0 Å². The summed E-state index contributed by atoms with van der Waals surface area (Å²) in [4.78, 5) is 24.6. The summed E-state index contributed by atoms with van der Waals surface area (Å²) in [5.74, 6) is -0.00248. The minimum Gasteiger partial charge on any atom is -0.466 e. The number of rotatable bonds is 78. The molecule has 88 heavy (non-hydrogen) atoms. The summed E-state index contributed by atoms with van der Waals surface area (Å²) in [5.41, 5.74) is 0. The third-order valence-corrected chi connectivity index (χ3v) is 19.6. The molecule has 0 aliphatic carbocycles. The number of allylic oxidation sites excluding steroid dienone is 2. The lowest BCUT2D eigenvalue weighted by atomic mass is 10.0. The van der Waals surface area contributed by atoms with Crippen molar-refractivity contribution in [3.63, 3.8) is 0 Å². The second-order valence-electron chi connectivity index (χ2n) is 28.5. The van der Waals surface area contributed by atoms with E-state index in [0.717, 1.165) is 38.5 Å². The van der Waals surface area contributed by atoms with Crippen LogP contribution in [0.5, 0.6) is 0 Å². The van der Waals surface area contributed by atoms with Crippen LogP contribution in [0.3, 0.4) is 0 Å². The third-order valence-electron chi connectivity index (χ3n) is 19.6. The van der Waals surface area contributed by atoms with Crippen molar-refractivity contribution >= 4 is 11.9 Å². The fourth-order valence-electron chi connectivity index (χ4n) is 13.3. The molecule has 0 heterocycles. The number of carbonyl (C=O) groups is 2. The molecule has 0 fully saturated rings. The number of ether oxygens (including phenoxy) is 1. The molecule has 3 N–H and O–H groups in total. The highest BCUT2D eigenvalue weighted by molar-refractivity contribution is 5.76. The summed E-state index contributed by atoms with van der Waals surface area (Å²) in [6.45, 7) is 5.01. The molecule has 2 unspecified atom stereocenters. The van der Waals surface area contributed by atoms with Crippen molar-refractivity contribution in [1.82, 2.24) is 5.32 Å². The van der Waals surface area contributed by atoms with Gasteiger partial charge in [-0.25, -0.2) is 0 Å². The van der Waals surface area contributed by atoms with Crippen LogP contribution in [0, 0.1) is 0 Å². The first-order valence-corrected chi connectivity index (χ1v) is 40.9. The lowest BCUT2D eigenvalue weighted by Gasteiger charge is -2.22. The number of aliphatic hydroxyl groups is 2. The lowest BCUT2D eigenvalue weighted by molar-refractivity contribution is -0.143. The molecule has 0 aromatic heterocycles. The molecule has 6 nitrogen and oxygen atoms in total. The molecular weight excluding hydrogens is 1080 g/mol. The van der Waals surface area contributed by atoms with Crippen molar-refractivity contribution in [2.24, 2.45) is 0 Å². The largest absolute Gasteiger partial charge is 0.466 e. The van der Waals surface area contributed by atoms with Crippen molar-refractivity contribution < 1.29 is 24.5 Å². The molecule has 0 aromatic rings. The zero-order chi connectivity index (χ0) is 63.5. The third kappa shape index (κ3) is 73.6. The van der Waals surface area contributed by atoms with Crippen LogP contribution in [0.15, 0.2) is 12.2 Å². The number of nitrogens with one attached hydrogen (secondary N) is 1. The molecule has 0 saturated heterocycles. The van der Waals surface area contributed by atoms with Gasteiger partial charge in [-0.15, -0.1) is 0 Å². The Balaban J connectivity index is 3.33. The zero-order valence-electron chi connectivity index (χ0n) is 60.3. The molecule has 6 heteroatoms. The Labute approximate surface area is 552 Å². The molecule has 0 bridgehead atoms. The minimum atomic E-state index is -0.662. The highest BCUT2D eigenvalue weighted by Crippen LogP contribution is 2.21. The number of esters is 1. The highest BCUT2D eigenvalue weighted by Gasteiger charge is 2.20. The molecule has 0 spiro atoms. The van der Waals surface area contributed by atoms with Gasteiger partial charge in [0.2, 0.25) is 5.91 Å². The summed E-state index contributed by atoms with van der Waals surface area (Å²) in [5, 5.41) is 23.5. The minimum absolute atomic E-state index is 0.0223. The Hall–Kier alpha value is -1.40. The van der Waals surface area contributed by atoms with E-state index in [1.54, 1.807) is 0 Å². The molecule has 524 valence electrons. The first-order valence-electron chi connectivity index (χ1n) is 40.9. The van der Waals surface area contributed by atoms with Crippen LogP contribution in [0.25, 0.3) is 0 Å². The van der Waals surface area contributed by atoms with Crippen LogP contribution in [0.2, 0.25) is 0 Å². The van der Waals surface area contributed by atoms with Crippen molar-refractivity contribution in [2.75, 3.05) is 13.2 Å². The SMILES string of the molecule is CCCCCCCCCCCCCCCCCCCCCCCCCC(O)C(CO)NC(=O)CCCCCCCCCCCCCCCCCCC/C=C\CCCCCCCCCCCCCCCCCCOC(=O)CCCCCCCCCCCCC. The number of hydrogen-bond donors (Lipinski definition) is 3. The fourth-order valence-corrected chi connectivity index (χ4v) is 13.3. The average Bonchev–Trinajstić information content (AvgIpc) is 3.55. The van der Waals surface area contributed by atoms with Gasteiger partial charge in [0.1, 0.15) is 0 Å². The van der Waals surface area contributed by atoms with Crippen LogP contribution in [0.1, 0.15) is 476 Å². The molecule has 0 rings (SSSR count).